The summed E-state index contributed by atoms with van der Waals surface area (Å²) in [7, 11) is 0. The van der Waals surface area contributed by atoms with Gasteiger partial charge in [0.15, 0.2) is 0 Å². The molecule has 0 radical (unpaired) electrons. The second kappa shape index (κ2) is 3.12. The van der Waals surface area contributed by atoms with Crippen molar-refractivity contribution in [2.24, 2.45) is 5.92 Å². The van der Waals surface area contributed by atoms with Gasteiger partial charge in [0, 0.05) is 0 Å². The summed E-state index contributed by atoms with van der Waals surface area (Å²) in [5.41, 5.74) is 2.40. The molecule has 0 saturated heterocycles. The highest BCUT2D eigenvalue weighted by molar-refractivity contribution is 5.74. The summed E-state index contributed by atoms with van der Waals surface area (Å²) >= 11 is 0. The van der Waals surface area contributed by atoms with Crippen molar-refractivity contribution in [1.82, 2.24) is 0 Å². The molecule has 0 aliphatic heterocycles. The molecule has 14 heavy (non-hydrogen) atoms. The summed E-state index contributed by atoms with van der Waals surface area (Å²) in [6.07, 6.45) is 0. The van der Waals surface area contributed by atoms with Crippen LogP contribution < -0.4 is 0 Å². The molecule has 1 N–H and O–H groups in total. The van der Waals surface area contributed by atoms with Crippen LogP contribution in [0.3, 0.4) is 0 Å². The van der Waals surface area contributed by atoms with Crippen LogP contribution in [0.15, 0.2) is 24.3 Å². The van der Waals surface area contributed by atoms with Crippen molar-refractivity contribution in [3.8, 4) is 0 Å². The number of fused-ring (bicyclic) bond motifs is 1. The molecule has 3 atom stereocenters. The van der Waals surface area contributed by atoms with Gasteiger partial charge >= 0.3 is 5.97 Å². The van der Waals surface area contributed by atoms with E-state index in [-0.39, 0.29) is 17.8 Å². The predicted molar refractivity (Wildman–Crippen MR) is 54.4 cm³/mol. The molecule has 2 nitrogen and oxygen atoms in total. The van der Waals surface area contributed by atoms with E-state index in [9.17, 15) is 4.79 Å². The van der Waals surface area contributed by atoms with E-state index in [1.54, 1.807) is 0 Å². The number of carboxylic acid groups (broad SMARTS) is 1. The summed E-state index contributed by atoms with van der Waals surface area (Å²) in [4.78, 5) is 11.1. The van der Waals surface area contributed by atoms with Crippen LogP contribution in [0.25, 0.3) is 0 Å². The fraction of sp³-hybridized carbons (Fsp3) is 0.417. The lowest BCUT2D eigenvalue weighted by atomic mass is 9.89. The first kappa shape index (κ1) is 9.25. The van der Waals surface area contributed by atoms with Gasteiger partial charge in [0.25, 0.3) is 0 Å². The van der Waals surface area contributed by atoms with Gasteiger partial charge in [0.2, 0.25) is 0 Å². The van der Waals surface area contributed by atoms with E-state index < -0.39 is 5.97 Å². The molecular formula is C12H14O2. The molecule has 0 aromatic heterocycles. The van der Waals surface area contributed by atoms with E-state index in [0.29, 0.717) is 0 Å². The molecule has 0 saturated carbocycles. The van der Waals surface area contributed by atoms with Crippen LogP contribution in [0.2, 0.25) is 0 Å². The number of carboxylic acids is 1. The van der Waals surface area contributed by atoms with Crippen molar-refractivity contribution >= 4 is 5.97 Å². The zero-order valence-electron chi connectivity index (χ0n) is 8.40. The highest BCUT2D eigenvalue weighted by Crippen LogP contribution is 2.45. The van der Waals surface area contributed by atoms with Gasteiger partial charge < -0.3 is 5.11 Å². The van der Waals surface area contributed by atoms with E-state index in [2.05, 4.69) is 0 Å². The molecule has 1 aromatic rings. The second-order valence-corrected chi connectivity index (χ2v) is 4.07. The van der Waals surface area contributed by atoms with Gasteiger partial charge in [0.1, 0.15) is 0 Å². The van der Waals surface area contributed by atoms with Gasteiger partial charge in [-0.2, -0.15) is 0 Å². The Hall–Kier alpha value is -1.31. The molecule has 0 bridgehead atoms. The van der Waals surface area contributed by atoms with Crippen molar-refractivity contribution in [1.29, 1.82) is 0 Å². The third kappa shape index (κ3) is 1.14. The van der Waals surface area contributed by atoms with Crippen LogP contribution in [0, 0.1) is 5.92 Å². The normalized spacial score (nSPS) is 30.0. The number of hydrogen-bond donors (Lipinski definition) is 1. The molecule has 0 unspecified atom stereocenters. The number of carbonyl (C=O) groups is 1. The lowest BCUT2D eigenvalue weighted by Crippen LogP contribution is -2.19. The Balaban J connectivity index is 2.48. The molecule has 2 rings (SSSR count). The lowest BCUT2D eigenvalue weighted by Gasteiger charge is -2.14. The lowest BCUT2D eigenvalue weighted by molar-refractivity contribution is -0.142. The Kier molecular flexibility index (Phi) is 2.06. The first-order valence-electron chi connectivity index (χ1n) is 4.94. The monoisotopic (exact) mass is 190 g/mol. The van der Waals surface area contributed by atoms with Gasteiger partial charge in [-0.3, -0.25) is 4.79 Å². The van der Waals surface area contributed by atoms with Gasteiger partial charge in [-0.15, -0.1) is 0 Å². The molecule has 1 aliphatic rings. The van der Waals surface area contributed by atoms with Crippen LogP contribution in [-0.2, 0) is 4.79 Å². The van der Waals surface area contributed by atoms with E-state index in [4.69, 9.17) is 5.11 Å². The van der Waals surface area contributed by atoms with Crippen molar-refractivity contribution in [3.63, 3.8) is 0 Å². The van der Waals surface area contributed by atoms with Gasteiger partial charge in [-0.1, -0.05) is 38.1 Å². The smallest absolute Gasteiger partial charge is 0.307 e. The van der Waals surface area contributed by atoms with E-state index in [1.165, 1.54) is 11.1 Å². The van der Waals surface area contributed by atoms with Gasteiger partial charge in [-0.25, -0.2) is 0 Å². The number of benzene rings is 1. The number of rotatable bonds is 1. The highest BCUT2D eigenvalue weighted by Gasteiger charge is 2.39. The zero-order valence-corrected chi connectivity index (χ0v) is 8.40. The van der Waals surface area contributed by atoms with Crippen LogP contribution >= 0.6 is 0 Å². The molecule has 0 spiro atoms. The van der Waals surface area contributed by atoms with Crippen molar-refractivity contribution in [2.45, 2.75) is 25.7 Å². The topological polar surface area (TPSA) is 37.3 Å². The third-order valence-corrected chi connectivity index (χ3v) is 3.34. The molecule has 0 heterocycles. The minimum atomic E-state index is -0.679. The van der Waals surface area contributed by atoms with Crippen molar-refractivity contribution in [2.75, 3.05) is 0 Å². The fourth-order valence-corrected chi connectivity index (χ4v) is 2.59. The van der Waals surface area contributed by atoms with Gasteiger partial charge in [0.05, 0.1) is 5.92 Å². The summed E-state index contributed by atoms with van der Waals surface area (Å²) in [5, 5.41) is 9.13. The minimum Gasteiger partial charge on any atom is -0.481 e. The zero-order chi connectivity index (χ0) is 10.3. The molecule has 1 aromatic carbocycles. The first-order chi connectivity index (χ1) is 6.63. The molecule has 0 fully saturated rings. The van der Waals surface area contributed by atoms with Crippen molar-refractivity contribution in [3.05, 3.63) is 35.4 Å². The average Bonchev–Trinajstić information content (AvgIpc) is 2.41. The Morgan fingerprint density at radius 3 is 1.93 bits per heavy atom. The highest BCUT2D eigenvalue weighted by atomic mass is 16.4. The number of hydrogen-bond acceptors (Lipinski definition) is 1. The second-order valence-electron chi connectivity index (χ2n) is 4.07. The first-order valence-corrected chi connectivity index (χ1v) is 4.94. The fourth-order valence-electron chi connectivity index (χ4n) is 2.59. The standard InChI is InChI=1S/C12H14O2/c1-7-9-5-3-4-6-10(9)8(2)11(7)12(13)14/h3-8,11H,1-2H3,(H,13,14)/t7-,8+,11+. The summed E-state index contributed by atoms with van der Waals surface area (Å²) in [6, 6.07) is 8.04. The van der Waals surface area contributed by atoms with Crippen LogP contribution in [0.5, 0.6) is 0 Å². The summed E-state index contributed by atoms with van der Waals surface area (Å²) in [6.45, 7) is 4.00. The molecule has 0 amide bonds. The average molecular weight is 190 g/mol. The third-order valence-electron chi connectivity index (χ3n) is 3.34. The maximum Gasteiger partial charge on any atom is 0.307 e. The maximum atomic E-state index is 11.1. The van der Waals surface area contributed by atoms with E-state index >= 15 is 0 Å². The Bertz CT molecular complexity index is 341. The summed E-state index contributed by atoms with van der Waals surface area (Å²) in [5.74, 6) is -0.661. The van der Waals surface area contributed by atoms with Gasteiger partial charge in [-0.05, 0) is 23.0 Å². The van der Waals surface area contributed by atoms with Crippen LogP contribution in [0.4, 0.5) is 0 Å². The molecule has 1 aliphatic carbocycles. The molecular weight excluding hydrogens is 176 g/mol. The quantitative estimate of drug-likeness (QED) is 0.739. The predicted octanol–water partition coefficient (Wildman–Crippen LogP) is 2.61. The van der Waals surface area contributed by atoms with Crippen molar-refractivity contribution < 1.29 is 9.90 Å². The Morgan fingerprint density at radius 2 is 1.57 bits per heavy atom. The Morgan fingerprint density at radius 1 is 1.14 bits per heavy atom. The summed E-state index contributed by atoms with van der Waals surface area (Å²) < 4.78 is 0. The minimum absolute atomic E-state index is 0.138. The molecule has 2 heteroatoms. The molecule has 74 valence electrons. The van der Waals surface area contributed by atoms with Crippen LogP contribution in [0.1, 0.15) is 36.8 Å². The largest absolute Gasteiger partial charge is 0.481 e. The maximum absolute atomic E-state index is 11.1. The SMILES string of the molecule is C[C@@H]1c2ccccc2[C@H](C)[C@H]1C(=O)O. The number of aliphatic carboxylic acids is 1. The van der Waals surface area contributed by atoms with Crippen LogP contribution in [-0.4, -0.2) is 11.1 Å². The van der Waals surface area contributed by atoms with E-state index in [0.717, 1.165) is 0 Å². The Labute approximate surface area is 83.6 Å². The van der Waals surface area contributed by atoms with E-state index in [1.807, 2.05) is 38.1 Å².